The van der Waals surface area contributed by atoms with E-state index in [1.807, 2.05) is 6.92 Å². The molecule has 1 aromatic heterocycles. The Morgan fingerprint density at radius 3 is 2.82 bits per heavy atom. The number of halogens is 1. The number of nitrogens with one attached hydrogen (secondary N) is 1. The molecule has 0 radical (unpaired) electrons. The Hall–Kier alpha value is -1.03. The van der Waals surface area contributed by atoms with Gasteiger partial charge in [0.05, 0.1) is 12.8 Å². The van der Waals surface area contributed by atoms with Gasteiger partial charge in [-0.2, -0.15) is 4.98 Å². The van der Waals surface area contributed by atoms with Crippen molar-refractivity contribution in [2.45, 2.75) is 39.5 Å². The Morgan fingerprint density at radius 1 is 1.29 bits per heavy atom. The van der Waals surface area contributed by atoms with Crippen LogP contribution in [0.25, 0.3) is 0 Å². The molecule has 0 unspecified atom stereocenters. The predicted molar refractivity (Wildman–Crippen MR) is 70.8 cm³/mol. The lowest BCUT2D eigenvalue weighted by Crippen LogP contribution is -2.05. The van der Waals surface area contributed by atoms with Crippen molar-refractivity contribution in [3.05, 3.63) is 11.2 Å². The summed E-state index contributed by atoms with van der Waals surface area (Å²) in [7, 11) is 0. The number of rotatable bonds is 8. The van der Waals surface area contributed by atoms with E-state index in [1.54, 1.807) is 6.20 Å². The van der Waals surface area contributed by atoms with E-state index >= 15 is 0 Å². The molecule has 0 saturated heterocycles. The zero-order valence-electron chi connectivity index (χ0n) is 10.5. The minimum Gasteiger partial charge on any atom is -0.476 e. The van der Waals surface area contributed by atoms with Gasteiger partial charge in [0.25, 0.3) is 0 Å². The molecule has 96 valence electrons. The van der Waals surface area contributed by atoms with Crippen LogP contribution in [0.3, 0.4) is 0 Å². The second kappa shape index (κ2) is 8.12. The summed E-state index contributed by atoms with van der Waals surface area (Å²) in [5.74, 6) is 1.02. The Balaban J connectivity index is 2.42. The summed E-state index contributed by atoms with van der Waals surface area (Å²) in [5, 5.41) is 3.49. The molecule has 1 heterocycles. The Labute approximate surface area is 108 Å². The molecule has 0 aliphatic heterocycles. The van der Waals surface area contributed by atoms with Gasteiger partial charge in [0.15, 0.2) is 0 Å². The number of ether oxygens (including phenoxy) is 1. The smallest absolute Gasteiger partial charge is 0.237 e. The summed E-state index contributed by atoms with van der Waals surface area (Å²) in [4.78, 5) is 8.26. The lowest BCUT2D eigenvalue weighted by molar-refractivity contribution is 0.294. The van der Waals surface area contributed by atoms with Crippen LogP contribution in [0.2, 0.25) is 5.02 Å². The predicted octanol–water partition coefficient (Wildman–Crippen LogP) is 3.52. The molecular formula is C12H20ClN3O. The SMILES string of the molecule is CCCCCCOc1nc(NCC)ncc1Cl. The zero-order chi connectivity index (χ0) is 12.5. The van der Waals surface area contributed by atoms with Crippen molar-refractivity contribution in [1.29, 1.82) is 0 Å². The number of hydrogen-bond acceptors (Lipinski definition) is 4. The van der Waals surface area contributed by atoms with Crippen LogP contribution in [-0.2, 0) is 0 Å². The van der Waals surface area contributed by atoms with E-state index in [2.05, 4.69) is 22.2 Å². The fourth-order valence-electron chi connectivity index (χ4n) is 1.39. The van der Waals surface area contributed by atoms with Crippen LogP contribution in [0.5, 0.6) is 5.88 Å². The molecule has 0 aliphatic carbocycles. The van der Waals surface area contributed by atoms with E-state index < -0.39 is 0 Å². The van der Waals surface area contributed by atoms with Crippen molar-refractivity contribution in [2.75, 3.05) is 18.5 Å². The number of anilines is 1. The minimum absolute atomic E-state index is 0.460. The molecule has 0 aromatic carbocycles. The zero-order valence-corrected chi connectivity index (χ0v) is 11.3. The van der Waals surface area contributed by atoms with Gasteiger partial charge < -0.3 is 10.1 Å². The lowest BCUT2D eigenvalue weighted by atomic mass is 10.2. The van der Waals surface area contributed by atoms with Gasteiger partial charge in [-0.15, -0.1) is 0 Å². The third kappa shape index (κ3) is 5.22. The molecule has 0 saturated carbocycles. The molecule has 0 bridgehead atoms. The van der Waals surface area contributed by atoms with Crippen LogP contribution >= 0.6 is 11.6 Å². The second-order valence-electron chi connectivity index (χ2n) is 3.79. The first-order valence-corrected chi connectivity index (χ1v) is 6.55. The Kier molecular flexibility index (Phi) is 6.70. The fourth-order valence-corrected chi connectivity index (χ4v) is 1.54. The van der Waals surface area contributed by atoms with Crippen molar-refractivity contribution in [3.63, 3.8) is 0 Å². The minimum atomic E-state index is 0.460. The second-order valence-corrected chi connectivity index (χ2v) is 4.19. The molecule has 0 fully saturated rings. The molecular weight excluding hydrogens is 238 g/mol. The Bertz CT molecular complexity index is 334. The molecule has 17 heavy (non-hydrogen) atoms. The van der Waals surface area contributed by atoms with E-state index in [0.717, 1.165) is 13.0 Å². The maximum Gasteiger partial charge on any atom is 0.237 e. The van der Waals surface area contributed by atoms with Gasteiger partial charge in [-0.1, -0.05) is 37.8 Å². The van der Waals surface area contributed by atoms with E-state index in [-0.39, 0.29) is 0 Å². The first kappa shape index (κ1) is 14.0. The van der Waals surface area contributed by atoms with E-state index in [4.69, 9.17) is 16.3 Å². The van der Waals surface area contributed by atoms with Crippen LogP contribution in [0.4, 0.5) is 5.95 Å². The summed E-state index contributed by atoms with van der Waals surface area (Å²) in [6.45, 7) is 5.61. The van der Waals surface area contributed by atoms with Crippen LogP contribution < -0.4 is 10.1 Å². The summed E-state index contributed by atoms with van der Waals surface area (Å²) in [5.41, 5.74) is 0. The van der Waals surface area contributed by atoms with E-state index in [0.29, 0.717) is 23.5 Å². The van der Waals surface area contributed by atoms with Crippen molar-refractivity contribution >= 4 is 17.5 Å². The van der Waals surface area contributed by atoms with Crippen LogP contribution in [0, 0.1) is 0 Å². The molecule has 0 spiro atoms. The molecule has 0 amide bonds. The molecule has 1 N–H and O–H groups in total. The van der Waals surface area contributed by atoms with E-state index in [9.17, 15) is 0 Å². The van der Waals surface area contributed by atoms with Gasteiger partial charge in [0.2, 0.25) is 11.8 Å². The first-order chi connectivity index (χ1) is 8.27. The lowest BCUT2D eigenvalue weighted by Gasteiger charge is -2.08. The maximum absolute atomic E-state index is 5.96. The summed E-state index contributed by atoms with van der Waals surface area (Å²) in [6, 6.07) is 0. The van der Waals surface area contributed by atoms with Crippen LogP contribution in [0.1, 0.15) is 39.5 Å². The average molecular weight is 258 g/mol. The molecule has 1 aromatic rings. The molecule has 0 aliphatic rings. The van der Waals surface area contributed by atoms with Crippen LogP contribution in [0.15, 0.2) is 6.20 Å². The van der Waals surface area contributed by atoms with Gasteiger partial charge in [0.1, 0.15) is 5.02 Å². The highest BCUT2D eigenvalue weighted by Crippen LogP contribution is 2.22. The van der Waals surface area contributed by atoms with Crippen molar-refractivity contribution in [2.24, 2.45) is 0 Å². The van der Waals surface area contributed by atoms with Crippen molar-refractivity contribution in [3.8, 4) is 5.88 Å². The van der Waals surface area contributed by atoms with Gasteiger partial charge in [0, 0.05) is 6.54 Å². The van der Waals surface area contributed by atoms with Gasteiger partial charge in [-0.3, -0.25) is 0 Å². The molecule has 4 nitrogen and oxygen atoms in total. The number of aromatic nitrogens is 2. The maximum atomic E-state index is 5.96. The van der Waals surface area contributed by atoms with Gasteiger partial charge in [-0.05, 0) is 13.3 Å². The first-order valence-electron chi connectivity index (χ1n) is 6.17. The summed E-state index contributed by atoms with van der Waals surface area (Å²) >= 11 is 5.96. The van der Waals surface area contributed by atoms with Crippen LogP contribution in [-0.4, -0.2) is 23.1 Å². The Morgan fingerprint density at radius 2 is 2.12 bits per heavy atom. The van der Waals surface area contributed by atoms with Gasteiger partial charge >= 0.3 is 0 Å². The fraction of sp³-hybridized carbons (Fsp3) is 0.667. The number of unbranched alkanes of at least 4 members (excludes halogenated alkanes) is 3. The molecule has 0 atom stereocenters. The molecule has 1 rings (SSSR count). The van der Waals surface area contributed by atoms with Crippen molar-refractivity contribution < 1.29 is 4.74 Å². The van der Waals surface area contributed by atoms with Gasteiger partial charge in [-0.25, -0.2) is 4.98 Å². The standard InChI is InChI=1S/C12H20ClN3O/c1-3-5-6-7-8-17-11-10(13)9-15-12(16-11)14-4-2/h9H,3-8H2,1-2H3,(H,14,15,16). The number of nitrogens with zero attached hydrogens (tertiary/aromatic N) is 2. The summed E-state index contributed by atoms with van der Waals surface area (Å²) < 4.78 is 5.55. The number of hydrogen-bond donors (Lipinski definition) is 1. The topological polar surface area (TPSA) is 47.0 Å². The third-order valence-corrected chi connectivity index (χ3v) is 2.54. The highest BCUT2D eigenvalue weighted by Gasteiger charge is 2.05. The van der Waals surface area contributed by atoms with Crippen molar-refractivity contribution in [1.82, 2.24) is 9.97 Å². The average Bonchev–Trinajstić information content (AvgIpc) is 2.33. The van der Waals surface area contributed by atoms with E-state index in [1.165, 1.54) is 19.3 Å². The highest BCUT2D eigenvalue weighted by molar-refractivity contribution is 6.31. The quantitative estimate of drug-likeness (QED) is 0.724. The monoisotopic (exact) mass is 257 g/mol. The highest BCUT2D eigenvalue weighted by atomic mass is 35.5. The normalized spacial score (nSPS) is 10.3. The largest absolute Gasteiger partial charge is 0.476 e. The molecule has 5 heteroatoms. The third-order valence-electron chi connectivity index (χ3n) is 2.28. The summed E-state index contributed by atoms with van der Waals surface area (Å²) in [6.07, 6.45) is 6.24.